The van der Waals surface area contributed by atoms with Crippen molar-refractivity contribution >= 4 is 16.9 Å². The third kappa shape index (κ3) is 4.27. The number of thioether (sulfide) groups is 1. The Morgan fingerprint density at radius 3 is 2.42 bits per heavy atom. The summed E-state index contributed by atoms with van der Waals surface area (Å²) in [6.45, 7) is 2.20. The molecule has 1 aliphatic rings. The lowest BCUT2D eigenvalue weighted by atomic mass is 10.1. The lowest BCUT2D eigenvalue weighted by Gasteiger charge is -2.27. The van der Waals surface area contributed by atoms with Crippen LogP contribution in [0.5, 0.6) is 17.2 Å². The first-order chi connectivity index (χ1) is 12.7. The van der Waals surface area contributed by atoms with Gasteiger partial charge in [-0.3, -0.25) is 4.99 Å². The minimum Gasteiger partial charge on any atom is -0.493 e. The molecule has 0 bridgehead atoms. The zero-order chi connectivity index (χ0) is 18.4. The van der Waals surface area contributed by atoms with Crippen LogP contribution in [0.3, 0.4) is 0 Å². The van der Waals surface area contributed by atoms with Gasteiger partial charge in [0.15, 0.2) is 16.7 Å². The zero-order valence-corrected chi connectivity index (χ0v) is 16.2. The average molecular weight is 376 g/mol. The molecule has 7 heteroatoms. The maximum absolute atomic E-state index is 5.54. The molecule has 6 nitrogen and oxygen atoms in total. The molecule has 1 aliphatic heterocycles. The van der Waals surface area contributed by atoms with Crippen molar-refractivity contribution in [3.8, 4) is 17.2 Å². The molecular weight excluding hydrogens is 352 g/mol. The number of furan rings is 1. The molecule has 0 aliphatic carbocycles. The van der Waals surface area contributed by atoms with E-state index in [1.54, 1.807) is 39.4 Å². The number of methoxy groups -OCH3 is 3. The van der Waals surface area contributed by atoms with Gasteiger partial charge in [0.25, 0.3) is 0 Å². The molecule has 3 rings (SSSR count). The van der Waals surface area contributed by atoms with E-state index in [0.717, 1.165) is 35.2 Å². The number of nitrogens with zero attached hydrogens (tertiary/aromatic N) is 2. The second-order valence-electron chi connectivity index (χ2n) is 5.84. The molecule has 26 heavy (non-hydrogen) atoms. The molecule has 0 unspecified atom stereocenters. The molecular formula is C19H24N2O4S. The van der Waals surface area contributed by atoms with Gasteiger partial charge in [0.2, 0.25) is 5.75 Å². The summed E-state index contributed by atoms with van der Waals surface area (Å²) in [6.07, 6.45) is 2.82. The van der Waals surface area contributed by atoms with Gasteiger partial charge in [0.05, 0.1) is 34.1 Å². The highest BCUT2D eigenvalue weighted by Gasteiger charge is 2.19. The second-order valence-corrected chi connectivity index (χ2v) is 6.90. The van der Waals surface area contributed by atoms with Gasteiger partial charge in [-0.1, -0.05) is 11.8 Å². The van der Waals surface area contributed by atoms with Crippen LogP contribution in [0.2, 0.25) is 0 Å². The van der Waals surface area contributed by atoms with Crippen LogP contribution in [-0.4, -0.2) is 43.7 Å². The Morgan fingerprint density at radius 2 is 1.88 bits per heavy atom. The molecule has 0 atom stereocenters. The van der Waals surface area contributed by atoms with Crippen molar-refractivity contribution in [3.63, 3.8) is 0 Å². The predicted molar refractivity (Wildman–Crippen MR) is 103 cm³/mol. The molecule has 0 fully saturated rings. The van der Waals surface area contributed by atoms with Crippen LogP contribution in [0.25, 0.3) is 0 Å². The average Bonchev–Trinajstić information content (AvgIpc) is 3.20. The Labute approximate surface area is 158 Å². The smallest absolute Gasteiger partial charge is 0.203 e. The van der Waals surface area contributed by atoms with E-state index in [1.807, 2.05) is 24.3 Å². The Kier molecular flexibility index (Phi) is 6.33. The number of benzene rings is 1. The fraction of sp³-hybridized carbons (Fsp3) is 0.421. The Hall–Kier alpha value is -2.28. The van der Waals surface area contributed by atoms with Crippen molar-refractivity contribution in [1.29, 1.82) is 0 Å². The van der Waals surface area contributed by atoms with E-state index in [9.17, 15) is 0 Å². The fourth-order valence-electron chi connectivity index (χ4n) is 2.87. The standard InChI is InChI=1S/C19H24N2O4S/c1-22-16-10-14(11-17(23-2)18(16)24-3)12-21(13-15-6-4-8-25-15)19-20-7-5-9-26-19/h4,6,8,10-11H,5,7,9,12-13H2,1-3H3. The Balaban J connectivity index is 1.89. The van der Waals surface area contributed by atoms with Gasteiger partial charge in [-0.05, 0) is 36.2 Å². The van der Waals surface area contributed by atoms with E-state index >= 15 is 0 Å². The number of amidine groups is 1. The molecule has 0 radical (unpaired) electrons. The van der Waals surface area contributed by atoms with Gasteiger partial charge < -0.3 is 23.5 Å². The summed E-state index contributed by atoms with van der Waals surface area (Å²) in [5, 5.41) is 1.04. The number of aliphatic imine (C=N–C) groups is 1. The van der Waals surface area contributed by atoms with Crippen LogP contribution in [0.1, 0.15) is 17.7 Å². The third-order valence-corrected chi connectivity index (χ3v) is 5.21. The van der Waals surface area contributed by atoms with E-state index in [2.05, 4.69) is 4.90 Å². The highest BCUT2D eigenvalue weighted by Crippen LogP contribution is 2.38. The molecule has 0 saturated carbocycles. The molecule has 0 saturated heterocycles. The maximum Gasteiger partial charge on any atom is 0.203 e. The summed E-state index contributed by atoms with van der Waals surface area (Å²) in [7, 11) is 4.86. The van der Waals surface area contributed by atoms with Crippen LogP contribution in [0.15, 0.2) is 39.9 Å². The summed E-state index contributed by atoms with van der Waals surface area (Å²) in [4.78, 5) is 6.93. The second kappa shape index (κ2) is 8.89. The zero-order valence-electron chi connectivity index (χ0n) is 15.4. The summed E-state index contributed by atoms with van der Waals surface area (Å²) in [6, 6.07) is 7.84. The van der Waals surface area contributed by atoms with Crippen molar-refractivity contribution in [2.24, 2.45) is 4.99 Å². The van der Waals surface area contributed by atoms with Gasteiger partial charge in [0.1, 0.15) is 5.76 Å². The highest BCUT2D eigenvalue weighted by molar-refractivity contribution is 8.13. The van der Waals surface area contributed by atoms with E-state index in [4.69, 9.17) is 23.6 Å². The molecule has 0 N–H and O–H groups in total. The van der Waals surface area contributed by atoms with Crippen molar-refractivity contribution in [3.05, 3.63) is 41.9 Å². The van der Waals surface area contributed by atoms with Gasteiger partial charge in [-0.15, -0.1) is 0 Å². The van der Waals surface area contributed by atoms with E-state index in [-0.39, 0.29) is 0 Å². The topological polar surface area (TPSA) is 56.4 Å². The highest BCUT2D eigenvalue weighted by atomic mass is 32.2. The minimum atomic E-state index is 0.598. The quantitative estimate of drug-likeness (QED) is 0.733. The molecule has 2 aromatic rings. The number of ether oxygens (including phenoxy) is 3. The summed E-state index contributed by atoms with van der Waals surface area (Å²) >= 11 is 1.79. The number of hydrogen-bond donors (Lipinski definition) is 0. The Bertz CT molecular complexity index is 721. The molecule has 1 aromatic heterocycles. The molecule has 140 valence electrons. The van der Waals surface area contributed by atoms with E-state index in [1.165, 1.54) is 0 Å². The van der Waals surface area contributed by atoms with Gasteiger partial charge in [0, 0.05) is 18.8 Å². The van der Waals surface area contributed by atoms with Crippen molar-refractivity contribution < 1.29 is 18.6 Å². The van der Waals surface area contributed by atoms with Gasteiger partial charge >= 0.3 is 0 Å². The monoisotopic (exact) mass is 376 g/mol. The van der Waals surface area contributed by atoms with Crippen LogP contribution in [-0.2, 0) is 13.1 Å². The predicted octanol–water partition coefficient (Wildman–Crippen LogP) is 3.80. The Morgan fingerprint density at radius 1 is 1.12 bits per heavy atom. The SMILES string of the molecule is COc1cc(CN(Cc2ccco2)C2=NCCCS2)cc(OC)c1OC. The van der Waals surface area contributed by atoms with Crippen LogP contribution in [0, 0.1) is 0 Å². The van der Waals surface area contributed by atoms with Crippen LogP contribution in [0.4, 0.5) is 0 Å². The van der Waals surface area contributed by atoms with Gasteiger partial charge in [-0.25, -0.2) is 0 Å². The molecule has 2 heterocycles. The summed E-state index contributed by atoms with van der Waals surface area (Å²) in [5.74, 6) is 3.89. The minimum absolute atomic E-state index is 0.598. The van der Waals surface area contributed by atoms with Crippen molar-refractivity contribution in [2.75, 3.05) is 33.6 Å². The lowest BCUT2D eigenvalue weighted by Crippen LogP contribution is -2.29. The normalized spacial score (nSPS) is 13.9. The maximum atomic E-state index is 5.54. The van der Waals surface area contributed by atoms with E-state index < -0.39 is 0 Å². The summed E-state index contributed by atoms with van der Waals surface area (Å²) in [5.41, 5.74) is 1.06. The van der Waals surface area contributed by atoms with Crippen molar-refractivity contribution in [2.45, 2.75) is 19.5 Å². The van der Waals surface area contributed by atoms with Crippen molar-refractivity contribution in [1.82, 2.24) is 4.90 Å². The molecule has 1 aromatic carbocycles. The number of hydrogen-bond acceptors (Lipinski definition) is 7. The fourth-order valence-corrected chi connectivity index (χ4v) is 3.82. The van der Waals surface area contributed by atoms with E-state index in [0.29, 0.717) is 30.3 Å². The first-order valence-corrected chi connectivity index (χ1v) is 9.47. The lowest BCUT2D eigenvalue weighted by molar-refractivity contribution is 0.321. The number of rotatable bonds is 7. The first kappa shape index (κ1) is 18.5. The van der Waals surface area contributed by atoms with Crippen LogP contribution >= 0.6 is 11.8 Å². The van der Waals surface area contributed by atoms with Crippen LogP contribution < -0.4 is 14.2 Å². The third-order valence-electron chi connectivity index (χ3n) is 4.08. The largest absolute Gasteiger partial charge is 0.493 e. The summed E-state index contributed by atoms with van der Waals surface area (Å²) < 4.78 is 21.9. The molecule has 0 amide bonds. The molecule has 0 spiro atoms. The van der Waals surface area contributed by atoms with Gasteiger partial charge in [-0.2, -0.15) is 0 Å². The first-order valence-electron chi connectivity index (χ1n) is 8.48.